The maximum atomic E-state index is 13.7. The number of nitrogens with zero attached hydrogens (tertiary/aromatic N) is 3. The van der Waals surface area contributed by atoms with E-state index in [-0.39, 0.29) is 60.9 Å². The molecule has 0 aromatic heterocycles. The SMILES string of the molecule is O=C(NC(=NCCOCCO)N=C1NN=C2C=C(C(F)(F)F)CC=C21)c1ccc(Cl)c(F)c1. The van der Waals surface area contributed by atoms with Gasteiger partial charge < -0.3 is 9.84 Å². The summed E-state index contributed by atoms with van der Waals surface area (Å²) >= 11 is 5.63. The topological polar surface area (TPSA) is 108 Å². The molecule has 0 bridgehead atoms. The molecule has 13 heteroatoms. The molecule has 176 valence electrons. The second-order valence-corrected chi connectivity index (χ2v) is 7.09. The lowest BCUT2D eigenvalue weighted by Gasteiger charge is -2.14. The Balaban J connectivity index is 1.79. The monoisotopic (exact) mass is 487 g/mol. The minimum absolute atomic E-state index is 0.0454. The van der Waals surface area contributed by atoms with Crippen molar-refractivity contribution in [1.29, 1.82) is 0 Å². The minimum Gasteiger partial charge on any atom is -0.394 e. The predicted molar refractivity (Wildman–Crippen MR) is 114 cm³/mol. The Hall–Kier alpha value is -3.09. The number of fused-ring (bicyclic) bond motifs is 1. The lowest BCUT2D eigenvalue weighted by atomic mass is 9.97. The largest absolute Gasteiger partial charge is 0.413 e. The summed E-state index contributed by atoms with van der Waals surface area (Å²) < 4.78 is 57.7. The number of aliphatic hydroxyl groups excluding tert-OH is 1. The van der Waals surface area contributed by atoms with Gasteiger partial charge in [-0.15, -0.1) is 0 Å². The molecule has 1 aliphatic heterocycles. The fraction of sp³-hybridized carbons (Fsp3) is 0.300. The van der Waals surface area contributed by atoms with Crippen molar-refractivity contribution in [2.75, 3.05) is 26.4 Å². The van der Waals surface area contributed by atoms with Crippen molar-refractivity contribution in [2.45, 2.75) is 12.6 Å². The zero-order valence-electron chi connectivity index (χ0n) is 16.9. The van der Waals surface area contributed by atoms with E-state index in [2.05, 4.69) is 25.8 Å². The molecule has 1 amide bonds. The molecule has 0 saturated heterocycles. The first-order chi connectivity index (χ1) is 15.7. The quantitative estimate of drug-likeness (QED) is 0.248. The number of benzene rings is 1. The molecular formula is C20H18ClF4N5O3. The maximum absolute atomic E-state index is 13.7. The Morgan fingerprint density at radius 1 is 1.33 bits per heavy atom. The summed E-state index contributed by atoms with van der Waals surface area (Å²) in [6, 6.07) is 3.46. The highest BCUT2D eigenvalue weighted by Crippen LogP contribution is 2.32. The van der Waals surface area contributed by atoms with Crippen LogP contribution in [-0.4, -0.2) is 61.1 Å². The van der Waals surface area contributed by atoms with Crippen molar-refractivity contribution < 1.29 is 32.2 Å². The number of hydrazone groups is 1. The molecule has 0 atom stereocenters. The highest BCUT2D eigenvalue weighted by molar-refractivity contribution is 6.32. The van der Waals surface area contributed by atoms with Gasteiger partial charge in [0.15, 0.2) is 5.84 Å². The number of aliphatic imine (C=N–C) groups is 2. The summed E-state index contributed by atoms with van der Waals surface area (Å²) in [6.07, 6.45) is -2.61. The zero-order chi connectivity index (χ0) is 24.0. The van der Waals surface area contributed by atoms with Gasteiger partial charge in [0.05, 0.1) is 37.1 Å². The molecule has 2 aliphatic rings. The van der Waals surface area contributed by atoms with E-state index in [1.54, 1.807) is 0 Å². The van der Waals surface area contributed by atoms with Gasteiger partial charge in [-0.1, -0.05) is 17.7 Å². The van der Waals surface area contributed by atoms with Crippen LogP contribution in [0.4, 0.5) is 17.6 Å². The van der Waals surface area contributed by atoms with E-state index in [0.717, 1.165) is 12.1 Å². The molecule has 0 radical (unpaired) electrons. The van der Waals surface area contributed by atoms with E-state index in [1.165, 1.54) is 18.2 Å². The summed E-state index contributed by atoms with van der Waals surface area (Å²) in [5.74, 6) is -1.64. The molecule has 1 aromatic carbocycles. The molecule has 1 heterocycles. The Morgan fingerprint density at radius 3 is 2.82 bits per heavy atom. The van der Waals surface area contributed by atoms with Gasteiger partial charge in [0, 0.05) is 16.7 Å². The van der Waals surface area contributed by atoms with Crippen LogP contribution in [0.25, 0.3) is 0 Å². The average Bonchev–Trinajstić information content (AvgIpc) is 3.16. The molecule has 0 saturated carbocycles. The Labute approximate surface area is 190 Å². The van der Waals surface area contributed by atoms with Gasteiger partial charge in [0.25, 0.3) is 5.91 Å². The van der Waals surface area contributed by atoms with E-state index >= 15 is 0 Å². The molecule has 3 rings (SSSR count). The average molecular weight is 488 g/mol. The van der Waals surface area contributed by atoms with Gasteiger partial charge >= 0.3 is 6.18 Å². The molecule has 1 aliphatic carbocycles. The Kier molecular flexibility index (Phi) is 7.95. The van der Waals surface area contributed by atoms with Gasteiger partial charge in [-0.25, -0.2) is 9.38 Å². The number of aliphatic hydroxyl groups is 1. The van der Waals surface area contributed by atoms with E-state index < -0.39 is 23.5 Å². The molecule has 8 nitrogen and oxygen atoms in total. The number of hydrogen-bond acceptors (Lipinski definition) is 5. The highest BCUT2D eigenvalue weighted by Gasteiger charge is 2.36. The number of amidine groups is 1. The van der Waals surface area contributed by atoms with Crippen LogP contribution in [-0.2, 0) is 4.74 Å². The summed E-state index contributed by atoms with van der Waals surface area (Å²) in [4.78, 5) is 20.8. The first-order valence-electron chi connectivity index (χ1n) is 9.59. The molecular weight excluding hydrogens is 470 g/mol. The summed E-state index contributed by atoms with van der Waals surface area (Å²) in [5.41, 5.74) is 2.09. The second kappa shape index (κ2) is 10.7. The number of nitrogens with one attached hydrogen (secondary N) is 2. The van der Waals surface area contributed by atoms with Crippen molar-refractivity contribution in [1.82, 2.24) is 10.7 Å². The number of carbonyl (C=O) groups excluding carboxylic acids is 1. The number of guanidine groups is 1. The van der Waals surface area contributed by atoms with Crippen LogP contribution in [0.2, 0.25) is 5.02 Å². The van der Waals surface area contributed by atoms with Crippen LogP contribution in [0.15, 0.2) is 56.6 Å². The third kappa shape index (κ3) is 6.46. The number of hydrogen-bond donors (Lipinski definition) is 3. The van der Waals surface area contributed by atoms with Crippen molar-refractivity contribution in [3.63, 3.8) is 0 Å². The maximum Gasteiger partial charge on any atom is 0.413 e. The van der Waals surface area contributed by atoms with Crippen LogP contribution in [0.5, 0.6) is 0 Å². The first-order valence-corrected chi connectivity index (χ1v) is 9.97. The van der Waals surface area contributed by atoms with Crippen LogP contribution < -0.4 is 10.7 Å². The number of halogens is 5. The van der Waals surface area contributed by atoms with Gasteiger partial charge in [0.2, 0.25) is 5.96 Å². The normalized spacial score (nSPS) is 17.2. The number of amides is 1. The summed E-state index contributed by atoms with van der Waals surface area (Å²) in [7, 11) is 0. The van der Waals surface area contributed by atoms with Gasteiger partial charge in [-0.3, -0.25) is 15.5 Å². The number of rotatable bonds is 6. The van der Waals surface area contributed by atoms with E-state index in [1.807, 2.05) is 0 Å². The van der Waals surface area contributed by atoms with Gasteiger partial charge in [-0.2, -0.15) is 23.3 Å². The lowest BCUT2D eigenvalue weighted by molar-refractivity contribution is -0.0928. The Morgan fingerprint density at radius 2 is 2.12 bits per heavy atom. The number of ether oxygens (including phenoxy) is 1. The van der Waals surface area contributed by atoms with E-state index in [0.29, 0.717) is 5.57 Å². The van der Waals surface area contributed by atoms with Gasteiger partial charge in [-0.05, 0) is 30.7 Å². The molecule has 0 spiro atoms. The molecule has 3 N–H and O–H groups in total. The van der Waals surface area contributed by atoms with Crippen molar-refractivity contribution in [3.05, 3.63) is 57.9 Å². The third-order valence-corrected chi connectivity index (χ3v) is 4.68. The number of allylic oxidation sites excluding steroid dienone is 3. The van der Waals surface area contributed by atoms with Gasteiger partial charge in [0.1, 0.15) is 5.82 Å². The first kappa shape index (κ1) is 24.6. The fourth-order valence-corrected chi connectivity index (χ4v) is 2.91. The Bertz CT molecular complexity index is 1080. The molecule has 33 heavy (non-hydrogen) atoms. The van der Waals surface area contributed by atoms with Crippen LogP contribution >= 0.6 is 11.6 Å². The third-order valence-electron chi connectivity index (χ3n) is 4.37. The van der Waals surface area contributed by atoms with Crippen molar-refractivity contribution >= 4 is 35.0 Å². The summed E-state index contributed by atoms with van der Waals surface area (Å²) in [6.45, 7) is 0.0703. The smallest absolute Gasteiger partial charge is 0.394 e. The van der Waals surface area contributed by atoms with Crippen LogP contribution in [0.3, 0.4) is 0 Å². The van der Waals surface area contributed by atoms with Crippen LogP contribution in [0, 0.1) is 5.82 Å². The highest BCUT2D eigenvalue weighted by atomic mass is 35.5. The van der Waals surface area contributed by atoms with E-state index in [4.69, 9.17) is 21.4 Å². The lowest BCUT2D eigenvalue weighted by Crippen LogP contribution is -2.32. The molecule has 1 aromatic rings. The van der Waals surface area contributed by atoms with Crippen molar-refractivity contribution in [3.8, 4) is 0 Å². The number of carbonyl (C=O) groups is 1. The minimum atomic E-state index is -4.48. The molecule has 0 unspecified atom stereocenters. The van der Waals surface area contributed by atoms with Crippen molar-refractivity contribution in [2.24, 2.45) is 15.1 Å². The fourth-order valence-electron chi connectivity index (χ4n) is 2.79. The number of alkyl halides is 3. The zero-order valence-corrected chi connectivity index (χ0v) is 17.7. The van der Waals surface area contributed by atoms with E-state index in [9.17, 15) is 22.4 Å². The second-order valence-electron chi connectivity index (χ2n) is 6.68. The van der Waals surface area contributed by atoms with Crippen LogP contribution in [0.1, 0.15) is 16.8 Å². The molecule has 0 fully saturated rings. The predicted octanol–water partition coefficient (Wildman–Crippen LogP) is 2.75. The summed E-state index contributed by atoms with van der Waals surface area (Å²) in [5, 5.41) is 14.9. The standard InChI is InChI=1S/C20H18ClF4N5O3/c21-14-4-1-11(9-15(14)22)18(32)28-19(26-5-7-33-8-6-31)27-17-13-3-2-12(20(23,24)25)10-16(13)29-30-17/h1,3-4,9-10,31H,2,5-8H2,(H2,26,27,28,30,32).